The van der Waals surface area contributed by atoms with E-state index in [0.29, 0.717) is 12.0 Å². The van der Waals surface area contributed by atoms with Crippen molar-refractivity contribution in [2.45, 2.75) is 18.9 Å². The van der Waals surface area contributed by atoms with E-state index in [-0.39, 0.29) is 23.1 Å². The third-order valence-corrected chi connectivity index (χ3v) is 4.46. The Hall–Kier alpha value is -4.00. The topological polar surface area (TPSA) is 154 Å². The van der Waals surface area contributed by atoms with Crippen LogP contribution in [0.1, 0.15) is 50.1 Å². The first-order valence-electron chi connectivity index (χ1n) is 8.00. The molecule has 0 bridgehead atoms. The molecule has 0 spiro atoms. The third-order valence-electron chi connectivity index (χ3n) is 4.46. The highest BCUT2D eigenvalue weighted by atomic mass is 16.4. The fraction of sp³-hybridized carbons (Fsp3) is 0.176. The minimum absolute atomic E-state index is 0.167. The third kappa shape index (κ3) is 2.71. The lowest BCUT2D eigenvalue weighted by atomic mass is 10.1. The Balaban J connectivity index is 1.66. The minimum atomic E-state index is -1.34. The van der Waals surface area contributed by atoms with Crippen molar-refractivity contribution in [2.24, 2.45) is 0 Å². The highest BCUT2D eigenvalue weighted by molar-refractivity contribution is 5.96. The van der Waals surface area contributed by atoms with Gasteiger partial charge in [-0.25, -0.2) is 9.78 Å². The largest absolute Gasteiger partial charge is 0.489 e. The number of hydrogen-bond acceptors (Lipinski definition) is 7. The summed E-state index contributed by atoms with van der Waals surface area (Å²) in [6.07, 6.45) is 1.37. The molecular weight excluding hydrogens is 352 g/mol. The van der Waals surface area contributed by atoms with E-state index < -0.39 is 17.8 Å². The molecule has 1 aliphatic rings. The number of aromatic hydroxyl groups is 1. The monoisotopic (exact) mass is 364 g/mol. The average molecular weight is 364 g/mol. The Bertz CT molecular complexity index is 1150. The molecule has 0 fully saturated rings. The number of nitrogens with one attached hydrogen (secondary N) is 1. The SMILES string of the molecule is N#Cc1ccc2c(c1)CC[C@@H]2NC(=O)c1cc(C(=O)O)n2nnc(O)c2n1. The Morgan fingerprint density at radius 2 is 2.15 bits per heavy atom. The molecule has 3 aromatic rings. The molecule has 1 atom stereocenters. The van der Waals surface area contributed by atoms with Crippen LogP contribution in [0.2, 0.25) is 0 Å². The lowest BCUT2D eigenvalue weighted by molar-refractivity contribution is 0.0687. The molecule has 1 aliphatic carbocycles. The van der Waals surface area contributed by atoms with Crippen LogP contribution < -0.4 is 5.32 Å². The lowest BCUT2D eigenvalue weighted by Crippen LogP contribution is -2.28. The number of benzene rings is 1. The van der Waals surface area contributed by atoms with E-state index in [4.69, 9.17) is 5.26 Å². The predicted molar refractivity (Wildman–Crippen MR) is 89.1 cm³/mol. The molecule has 10 nitrogen and oxygen atoms in total. The number of nitrogens with zero attached hydrogens (tertiary/aromatic N) is 5. The molecule has 0 unspecified atom stereocenters. The molecule has 4 rings (SSSR count). The number of nitriles is 1. The van der Waals surface area contributed by atoms with Crippen LogP contribution in [-0.2, 0) is 6.42 Å². The van der Waals surface area contributed by atoms with Gasteiger partial charge < -0.3 is 15.5 Å². The summed E-state index contributed by atoms with van der Waals surface area (Å²) in [7, 11) is 0. The Labute approximate surface area is 151 Å². The molecule has 2 heterocycles. The second kappa shape index (κ2) is 6.06. The number of fused-ring (bicyclic) bond motifs is 2. The number of amides is 1. The zero-order chi connectivity index (χ0) is 19.1. The maximum atomic E-state index is 12.6. The van der Waals surface area contributed by atoms with Gasteiger partial charge in [-0.05, 0) is 36.1 Å². The van der Waals surface area contributed by atoms with Gasteiger partial charge in [-0.3, -0.25) is 4.79 Å². The standard InChI is InChI=1S/C17H12N6O4/c18-7-8-1-3-10-9(5-8)2-4-11(10)20-15(24)12-6-13(17(26)27)23-14(19-12)16(25)21-22-23/h1,3,5-6,11,25H,2,4H2,(H,20,24)(H,26,27)/t11-/m0/s1. The summed E-state index contributed by atoms with van der Waals surface area (Å²) in [4.78, 5) is 28.0. The highest BCUT2D eigenvalue weighted by Gasteiger charge is 2.26. The Morgan fingerprint density at radius 1 is 1.33 bits per heavy atom. The van der Waals surface area contributed by atoms with Crippen LogP contribution in [-0.4, -0.2) is 41.9 Å². The molecule has 3 N–H and O–H groups in total. The first-order valence-corrected chi connectivity index (χ1v) is 8.00. The molecular formula is C17H12N6O4. The number of aromatic carboxylic acids is 1. The van der Waals surface area contributed by atoms with E-state index >= 15 is 0 Å². The first kappa shape index (κ1) is 16.5. The van der Waals surface area contributed by atoms with Gasteiger partial charge in [0, 0.05) is 6.07 Å². The normalized spacial score (nSPS) is 15.3. The fourth-order valence-corrected chi connectivity index (χ4v) is 3.20. The summed E-state index contributed by atoms with van der Waals surface area (Å²) in [6, 6.07) is 8.17. The van der Waals surface area contributed by atoms with Gasteiger partial charge in [0.05, 0.1) is 17.7 Å². The van der Waals surface area contributed by atoms with Crippen molar-refractivity contribution in [3.63, 3.8) is 0 Å². The predicted octanol–water partition coefficient (Wildman–Crippen LogP) is 0.817. The van der Waals surface area contributed by atoms with Gasteiger partial charge in [-0.1, -0.05) is 16.4 Å². The van der Waals surface area contributed by atoms with Gasteiger partial charge in [0.2, 0.25) is 5.65 Å². The smallest absolute Gasteiger partial charge is 0.354 e. The van der Waals surface area contributed by atoms with E-state index in [0.717, 1.165) is 28.1 Å². The zero-order valence-corrected chi connectivity index (χ0v) is 13.7. The Kier molecular flexibility index (Phi) is 3.70. The summed E-state index contributed by atoms with van der Waals surface area (Å²) >= 11 is 0. The number of rotatable bonds is 3. The molecule has 1 amide bonds. The Morgan fingerprint density at radius 3 is 2.89 bits per heavy atom. The maximum absolute atomic E-state index is 12.6. The highest BCUT2D eigenvalue weighted by Crippen LogP contribution is 2.32. The van der Waals surface area contributed by atoms with Crippen molar-refractivity contribution >= 4 is 17.5 Å². The number of carbonyl (C=O) groups is 2. The van der Waals surface area contributed by atoms with Crippen LogP contribution in [0.25, 0.3) is 5.65 Å². The van der Waals surface area contributed by atoms with E-state index in [9.17, 15) is 19.8 Å². The molecule has 1 aromatic carbocycles. The van der Waals surface area contributed by atoms with Gasteiger partial charge >= 0.3 is 5.97 Å². The quantitative estimate of drug-likeness (QED) is 0.617. The summed E-state index contributed by atoms with van der Waals surface area (Å²) in [5, 5.41) is 37.7. The molecule has 0 saturated carbocycles. The molecule has 134 valence electrons. The second-order valence-electron chi connectivity index (χ2n) is 6.07. The molecule has 2 aromatic heterocycles. The van der Waals surface area contributed by atoms with Crippen molar-refractivity contribution < 1.29 is 19.8 Å². The van der Waals surface area contributed by atoms with Crippen molar-refractivity contribution in [1.82, 2.24) is 25.1 Å². The molecule has 10 heteroatoms. The number of hydrogen-bond donors (Lipinski definition) is 3. The van der Waals surface area contributed by atoms with Gasteiger partial charge in [0.15, 0.2) is 5.69 Å². The number of carboxylic acid groups (broad SMARTS) is 1. The van der Waals surface area contributed by atoms with E-state index in [1.165, 1.54) is 0 Å². The van der Waals surface area contributed by atoms with Crippen LogP contribution in [0.3, 0.4) is 0 Å². The van der Waals surface area contributed by atoms with Gasteiger partial charge in [0.1, 0.15) is 5.69 Å². The van der Waals surface area contributed by atoms with Gasteiger partial charge in [0.25, 0.3) is 11.8 Å². The average Bonchev–Trinajstić information content (AvgIpc) is 3.24. The van der Waals surface area contributed by atoms with Crippen LogP contribution in [0.15, 0.2) is 24.3 Å². The van der Waals surface area contributed by atoms with Crippen LogP contribution >= 0.6 is 0 Å². The summed E-state index contributed by atoms with van der Waals surface area (Å²) in [6.45, 7) is 0. The zero-order valence-electron chi connectivity index (χ0n) is 13.7. The second-order valence-corrected chi connectivity index (χ2v) is 6.07. The first-order chi connectivity index (χ1) is 13.0. The number of aromatic nitrogens is 4. The van der Waals surface area contributed by atoms with Crippen molar-refractivity contribution in [3.8, 4) is 11.9 Å². The summed E-state index contributed by atoms with van der Waals surface area (Å²) in [5.74, 6) is -2.48. The molecule has 27 heavy (non-hydrogen) atoms. The summed E-state index contributed by atoms with van der Waals surface area (Å²) in [5.41, 5.74) is 1.73. The summed E-state index contributed by atoms with van der Waals surface area (Å²) < 4.78 is 0.850. The van der Waals surface area contributed by atoms with Crippen molar-refractivity contribution in [1.29, 1.82) is 5.26 Å². The molecule has 0 aliphatic heterocycles. The van der Waals surface area contributed by atoms with Crippen molar-refractivity contribution in [2.75, 3.05) is 0 Å². The van der Waals surface area contributed by atoms with E-state index in [1.807, 2.05) is 0 Å². The molecule has 0 radical (unpaired) electrons. The van der Waals surface area contributed by atoms with Gasteiger partial charge in [-0.15, -0.1) is 0 Å². The van der Waals surface area contributed by atoms with Crippen LogP contribution in [0.4, 0.5) is 0 Å². The number of carbonyl (C=O) groups excluding carboxylic acids is 1. The fourth-order valence-electron chi connectivity index (χ4n) is 3.20. The number of aryl methyl sites for hydroxylation is 1. The van der Waals surface area contributed by atoms with Gasteiger partial charge in [-0.2, -0.15) is 9.78 Å². The van der Waals surface area contributed by atoms with Crippen molar-refractivity contribution in [3.05, 3.63) is 52.3 Å². The van der Waals surface area contributed by atoms with Crippen LogP contribution in [0.5, 0.6) is 5.88 Å². The number of carboxylic acids is 1. The lowest BCUT2D eigenvalue weighted by Gasteiger charge is -2.14. The minimum Gasteiger partial charge on any atom is -0.489 e. The van der Waals surface area contributed by atoms with E-state index in [1.54, 1.807) is 18.2 Å². The maximum Gasteiger partial charge on any atom is 0.354 e. The molecule has 0 saturated heterocycles. The van der Waals surface area contributed by atoms with E-state index in [2.05, 4.69) is 26.7 Å². The van der Waals surface area contributed by atoms with Crippen LogP contribution in [0, 0.1) is 11.3 Å².